The molecule has 0 spiro atoms. The molecule has 0 aliphatic heterocycles. The zero-order valence-electron chi connectivity index (χ0n) is 7.80. The van der Waals surface area contributed by atoms with E-state index in [2.05, 4.69) is 9.05 Å². The molecule has 0 fully saturated rings. The van der Waals surface area contributed by atoms with Gasteiger partial charge < -0.3 is 10.2 Å². The Labute approximate surface area is 81.6 Å². The van der Waals surface area contributed by atoms with Crippen molar-refractivity contribution >= 4 is 20.2 Å². The van der Waals surface area contributed by atoms with Gasteiger partial charge >= 0.3 is 20.2 Å². The van der Waals surface area contributed by atoms with E-state index in [1.165, 1.54) is 0 Å². The fourth-order valence-electron chi connectivity index (χ4n) is 0.248. The van der Waals surface area contributed by atoms with Crippen LogP contribution in [0.1, 0.15) is 13.8 Å². The Kier molecular flexibility index (Phi) is 11.1. The van der Waals surface area contributed by atoms with E-state index in [0.29, 0.717) is 13.2 Å². The molecule has 0 aromatic heterocycles. The van der Waals surface area contributed by atoms with E-state index in [1.807, 2.05) is 0 Å². The first-order valence-electron chi connectivity index (χ1n) is 3.64. The van der Waals surface area contributed by atoms with E-state index in [4.69, 9.17) is 19.8 Å². The molecule has 8 heteroatoms. The van der Waals surface area contributed by atoms with Crippen LogP contribution in [0.3, 0.4) is 0 Å². The standard InChI is InChI=1S/C4H10O3P.C2H2O4/c1-3-6-8(5)7-4-2;3-1(4)2(5)6/h3-4H2,1-2H3;(H,3,4)(H,5,6)/q+1;. The topological polar surface area (TPSA) is 110 Å². The van der Waals surface area contributed by atoms with Crippen LogP contribution in [-0.4, -0.2) is 35.4 Å². The zero-order chi connectivity index (χ0) is 11.6. The highest BCUT2D eigenvalue weighted by Crippen LogP contribution is 2.21. The highest BCUT2D eigenvalue weighted by molar-refractivity contribution is 7.33. The molecule has 14 heavy (non-hydrogen) atoms. The lowest BCUT2D eigenvalue weighted by Crippen LogP contribution is -2.09. The Balaban J connectivity index is 0. The third-order valence-corrected chi connectivity index (χ3v) is 1.59. The summed E-state index contributed by atoms with van der Waals surface area (Å²) in [6.45, 7) is 4.42. The van der Waals surface area contributed by atoms with E-state index < -0.39 is 20.2 Å². The lowest BCUT2D eigenvalue weighted by molar-refractivity contribution is -0.159. The Bertz CT molecular complexity index is 182. The van der Waals surface area contributed by atoms with Gasteiger partial charge in [-0.15, -0.1) is 9.05 Å². The summed E-state index contributed by atoms with van der Waals surface area (Å²) in [7, 11) is -1.83. The predicted octanol–water partition coefficient (Wildman–Crippen LogP) is 0.872. The van der Waals surface area contributed by atoms with Gasteiger partial charge in [-0.1, -0.05) is 0 Å². The zero-order valence-corrected chi connectivity index (χ0v) is 8.69. The highest BCUT2D eigenvalue weighted by atomic mass is 31.1. The molecule has 0 aliphatic rings. The average Bonchev–Trinajstić information content (AvgIpc) is 2.06. The van der Waals surface area contributed by atoms with Crippen LogP contribution >= 0.6 is 8.25 Å². The minimum absolute atomic E-state index is 0.440. The van der Waals surface area contributed by atoms with Gasteiger partial charge in [0.15, 0.2) is 0 Å². The summed E-state index contributed by atoms with van der Waals surface area (Å²) in [4.78, 5) is 18.2. The summed E-state index contributed by atoms with van der Waals surface area (Å²) in [6.07, 6.45) is 0. The SMILES string of the molecule is CCO[P+](=O)OCC.O=C(O)C(=O)O. The average molecular weight is 227 g/mol. The Morgan fingerprint density at radius 2 is 1.36 bits per heavy atom. The Hall–Kier alpha value is -1.04. The third-order valence-electron chi connectivity index (χ3n) is 0.652. The van der Waals surface area contributed by atoms with Crippen molar-refractivity contribution in [3.05, 3.63) is 0 Å². The first kappa shape index (κ1) is 15.4. The van der Waals surface area contributed by atoms with Gasteiger partial charge in [0.05, 0.1) is 0 Å². The van der Waals surface area contributed by atoms with Gasteiger partial charge in [-0.3, -0.25) is 0 Å². The molecule has 0 unspecified atom stereocenters. The lowest BCUT2D eigenvalue weighted by atomic mass is 10.7. The van der Waals surface area contributed by atoms with E-state index >= 15 is 0 Å². The molecule has 7 nitrogen and oxygen atoms in total. The fraction of sp³-hybridized carbons (Fsp3) is 0.667. The van der Waals surface area contributed by atoms with Crippen LogP contribution in [0.15, 0.2) is 0 Å². The van der Waals surface area contributed by atoms with Crippen molar-refractivity contribution in [2.75, 3.05) is 13.2 Å². The van der Waals surface area contributed by atoms with Crippen molar-refractivity contribution in [3.63, 3.8) is 0 Å². The van der Waals surface area contributed by atoms with Gasteiger partial charge in [-0.05, 0) is 13.8 Å². The molecule has 0 heterocycles. The van der Waals surface area contributed by atoms with Crippen molar-refractivity contribution in [3.8, 4) is 0 Å². The van der Waals surface area contributed by atoms with Crippen molar-refractivity contribution < 1.29 is 33.4 Å². The lowest BCUT2D eigenvalue weighted by Gasteiger charge is -1.78. The largest absolute Gasteiger partial charge is 0.697 e. The Morgan fingerprint density at radius 3 is 1.50 bits per heavy atom. The molecule has 0 aromatic carbocycles. The maximum absolute atomic E-state index is 10.3. The van der Waals surface area contributed by atoms with Crippen LogP contribution in [0.4, 0.5) is 0 Å². The van der Waals surface area contributed by atoms with E-state index in [0.717, 1.165) is 0 Å². The minimum atomic E-state index is -1.83. The Morgan fingerprint density at radius 1 is 1.07 bits per heavy atom. The summed E-state index contributed by atoms with van der Waals surface area (Å²) in [6, 6.07) is 0. The summed E-state index contributed by atoms with van der Waals surface area (Å²) >= 11 is 0. The van der Waals surface area contributed by atoms with E-state index in [-0.39, 0.29) is 0 Å². The molecule has 2 N–H and O–H groups in total. The monoisotopic (exact) mass is 227 g/mol. The van der Waals surface area contributed by atoms with E-state index in [9.17, 15) is 4.57 Å². The summed E-state index contributed by atoms with van der Waals surface area (Å²) in [5, 5.41) is 14.8. The molecule has 0 saturated carbocycles. The molecule has 0 bridgehead atoms. The van der Waals surface area contributed by atoms with Gasteiger partial charge in [0.2, 0.25) is 0 Å². The maximum Gasteiger partial charge on any atom is 0.697 e. The molecular weight excluding hydrogens is 215 g/mol. The molecule has 0 saturated heterocycles. The van der Waals surface area contributed by atoms with Crippen molar-refractivity contribution in [2.45, 2.75) is 13.8 Å². The molecule has 0 atom stereocenters. The normalized spacial score (nSPS) is 8.43. The van der Waals surface area contributed by atoms with Gasteiger partial charge in [0, 0.05) is 4.57 Å². The number of aliphatic carboxylic acids is 2. The van der Waals surface area contributed by atoms with E-state index in [1.54, 1.807) is 13.8 Å². The minimum Gasteiger partial charge on any atom is -0.473 e. The second kappa shape index (κ2) is 10.0. The number of carboxylic acids is 2. The third kappa shape index (κ3) is 13.5. The first-order chi connectivity index (χ1) is 6.45. The van der Waals surface area contributed by atoms with Crippen molar-refractivity contribution in [1.29, 1.82) is 0 Å². The fourth-order valence-corrected chi connectivity index (χ4v) is 0.744. The predicted molar refractivity (Wildman–Crippen MR) is 46.1 cm³/mol. The smallest absolute Gasteiger partial charge is 0.473 e. The second-order valence-electron chi connectivity index (χ2n) is 1.67. The van der Waals surface area contributed by atoms with Gasteiger partial charge in [0.25, 0.3) is 0 Å². The van der Waals surface area contributed by atoms with Crippen LogP contribution in [0.2, 0.25) is 0 Å². The molecule has 0 amide bonds. The van der Waals surface area contributed by atoms with Crippen LogP contribution in [0, 0.1) is 0 Å². The molecule has 0 rings (SSSR count). The number of hydrogen-bond acceptors (Lipinski definition) is 5. The summed E-state index contributed by atoms with van der Waals surface area (Å²) in [5.74, 6) is -3.65. The number of hydrogen-bond donors (Lipinski definition) is 2. The van der Waals surface area contributed by atoms with Gasteiger partial charge in [-0.2, -0.15) is 0 Å². The number of rotatable bonds is 4. The van der Waals surface area contributed by atoms with Crippen LogP contribution in [0.5, 0.6) is 0 Å². The number of carboxylic acid groups (broad SMARTS) is 2. The molecule has 0 radical (unpaired) electrons. The highest BCUT2D eigenvalue weighted by Gasteiger charge is 2.15. The van der Waals surface area contributed by atoms with Crippen LogP contribution < -0.4 is 0 Å². The maximum atomic E-state index is 10.3. The molecule has 0 aliphatic carbocycles. The molecular formula is C6H12O7P+. The van der Waals surface area contributed by atoms with Gasteiger partial charge in [0.1, 0.15) is 13.2 Å². The van der Waals surface area contributed by atoms with Crippen molar-refractivity contribution in [1.82, 2.24) is 0 Å². The second-order valence-corrected chi connectivity index (χ2v) is 2.63. The van der Waals surface area contributed by atoms with Crippen LogP contribution in [-0.2, 0) is 23.2 Å². The van der Waals surface area contributed by atoms with Crippen molar-refractivity contribution in [2.24, 2.45) is 0 Å². The molecule has 0 aromatic rings. The summed E-state index contributed by atoms with van der Waals surface area (Å²) < 4.78 is 19.5. The number of carbonyl (C=O) groups is 2. The first-order valence-corrected chi connectivity index (χ1v) is 4.74. The quantitative estimate of drug-likeness (QED) is 0.541. The van der Waals surface area contributed by atoms with Gasteiger partial charge in [-0.25, -0.2) is 9.59 Å². The summed E-state index contributed by atoms with van der Waals surface area (Å²) in [5.41, 5.74) is 0. The van der Waals surface area contributed by atoms with Crippen LogP contribution in [0.25, 0.3) is 0 Å². The molecule has 82 valence electrons.